The van der Waals surface area contributed by atoms with Gasteiger partial charge in [-0.3, -0.25) is 4.74 Å². The largest absolute Gasteiger partial charge is 0.522 e. The zero-order chi connectivity index (χ0) is 21.0. The number of rotatable bonds is 6. The van der Waals surface area contributed by atoms with Crippen LogP contribution < -0.4 is 0 Å². The fraction of sp³-hybridized carbons (Fsp3) is 0.500. The van der Waals surface area contributed by atoms with Crippen LogP contribution in [-0.4, -0.2) is 45.8 Å². The molecule has 1 unspecified atom stereocenters. The van der Waals surface area contributed by atoms with Gasteiger partial charge in [-0.05, 0) is 66.5 Å². The minimum atomic E-state index is -4.64. The highest BCUT2D eigenvalue weighted by atomic mass is 19.4. The van der Waals surface area contributed by atoms with Crippen LogP contribution in [0.5, 0.6) is 0 Å². The Hall–Kier alpha value is -2.32. The van der Waals surface area contributed by atoms with Crippen LogP contribution in [-0.2, 0) is 11.3 Å². The average Bonchev–Trinajstić information content (AvgIpc) is 3.60. The predicted octanol–water partition coefficient (Wildman–Crippen LogP) is 4.39. The normalized spacial score (nSPS) is 22.4. The smallest absolute Gasteiger partial charge is 0.370 e. The lowest BCUT2D eigenvalue weighted by molar-refractivity contribution is -0.325. The molecular weight excluding hydrogens is 395 g/mol. The molecule has 1 atom stereocenters. The monoisotopic (exact) mass is 419 g/mol. The van der Waals surface area contributed by atoms with Crippen molar-refractivity contribution in [1.29, 1.82) is 0 Å². The molecule has 2 fully saturated rings. The predicted molar refractivity (Wildman–Crippen MR) is 106 cm³/mol. The zero-order valence-corrected chi connectivity index (χ0v) is 16.7. The van der Waals surface area contributed by atoms with Crippen molar-refractivity contribution >= 4 is 16.6 Å². The molecule has 2 aliphatic carbocycles. The highest BCUT2D eigenvalue weighted by Crippen LogP contribution is 2.43. The van der Waals surface area contributed by atoms with Crippen molar-refractivity contribution in [1.82, 2.24) is 14.5 Å². The Balaban J connectivity index is 1.50. The molecule has 2 saturated carbocycles. The van der Waals surface area contributed by atoms with Crippen LogP contribution >= 0.6 is 0 Å². The lowest BCUT2D eigenvalue weighted by atomic mass is 9.97. The number of hydrogen-bond acceptors (Lipinski definition) is 4. The highest BCUT2D eigenvalue weighted by molar-refractivity contribution is 5.85. The molecule has 5 rings (SSSR count). The number of aliphatic hydroxyl groups is 1. The molecule has 1 aromatic heterocycles. The van der Waals surface area contributed by atoms with Gasteiger partial charge in [-0.1, -0.05) is 6.07 Å². The maximum atomic E-state index is 12.5. The Kier molecular flexibility index (Phi) is 4.67. The van der Waals surface area contributed by atoms with Gasteiger partial charge in [0.1, 0.15) is 12.1 Å². The van der Waals surface area contributed by atoms with E-state index in [1.165, 1.54) is 0 Å². The lowest BCUT2D eigenvalue weighted by Crippen LogP contribution is -2.32. The number of imidazole rings is 1. The fourth-order valence-corrected chi connectivity index (χ4v) is 4.18. The van der Waals surface area contributed by atoms with Crippen LogP contribution in [0.2, 0.25) is 0 Å². The first-order chi connectivity index (χ1) is 14.3. The summed E-state index contributed by atoms with van der Waals surface area (Å²) in [5, 5.41) is 10.5. The standard InChI is InChI=1S/C22H24F3N3O2/c1-27-12-16(10-17(21(27)29)13-2-3-13)15-6-7-18-19(11-15)28(8-9-30-22(23,24)25)20(26-18)14-4-5-14/h6-7,10-14,21,29H,2-5,8-9H2,1H3. The second kappa shape index (κ2) is 7.13. The van der Waals surface area contributed by atoms with Gasteiger partial charge in [0.15, 0.2) is 0 Å². The van der Waals surface area contributed by atoms with E-state index in [1.807, 2.05) is 36.0 Å². The van der Waals surface area contributed by atoms with E-state index in [2.05, 4.69) is 10.8 Å². The third-order valence-electron chi connectivity index (χ3n) is 6.03. The molecular formula is C22H24F3N3O2. The molecule has 0 amide bonds. The number of likely N-dealkylation sites (N-methyl/N-ethyl adjacent to an activating group) is 1. The molecule has 1 aliphatic heterocycles. The number of ether oxygens (including phenoxy) is 1. The molecule has 2 heterocycles. The van der Waals surface area contributed by atoms with E-state index in [9.17, 15) is 18.3 Å². The van der Waals surface area contributed by atoms with Crippen LogP contribution in [0, 0.1) is 5.92 Å². The van der Waals surface area contributed by atoms with Gasteiger partial charge in [0, 0.05) is 25.7 Å². The number of allylic oxidation sites excluding steroid dienone is 2. The Bertz CT molecular complexity index is 1030. The zero-order valence-electron chi connectivity index (χ0n) is 16.7. The first kappa shape index (κ1) is 19.6. The van der Waals surface area contributed by atoms with Crippen molar-refractivity contribution < 1.29 is 23.0 Å². The van der Waals surface area contributed by atoms with E-state index < -0.39 is 19.2 Å². The van der Waals surface area contributed by atoms with Crippen LogP contribution in [0.1, 0.15) is 43.0 Å². The van der Waals surface area contributed by atoms with Crippen molar-refractivity contribution in [3.63, 3.8) is 0 Å². The summed E-state index contributed by atoms with van der Waals surface area (Å²) in [6, 6.07) is 5.90. The minimum absolute atomic E-state index is 0.103. The number of benzene rings is 1. The van der Waals surface area contributed by atoms with Crippen molar-refractivity contribution in [3.8, 4) is 0 Å². The SMILES string of the molecule is CN1C=C(c2ccc3nc(C4CC4)n(CCOC(F)(F)F)c3c2)C=C(C2CC2)C1O. The Morgan fingerprint density at radius 2 is 1.90 bits per heavy atom. The Morgan fingerprint density at radius 1 is 1.17 bits per heavy atom. The van der Waals surface area contributed by atoms with Gasteiger partial charge in [0.05, 0.1) is 17.6 Å². The van der Waals surface area contributed by atoms with E-state index >= 15 is 0 Å². The molecule has 0 spiro atoms. The van der Waals surface area contributed by atoms with E-state index in [1.54, 1.807) is 4.90 Å². The summed E-state index contributed by atoms with van der Waals surface area (Å²) in [5.74, 6) is 1.58. The summed E-state index contributed by atoms with van der Waals surface area (Å²) >= 11 is 0. The van der Waals surface area contributed by atoms with Crippen molar-refractivity contribution in [2.75, 3.05) is 13.7 Å². The summed E-state index contributed by atoms with van der Waals surface area (Å²) in [5.41, 5.74) is 4.57. The van der Waals surface area contributed by atoms with E-state index in [-0.39, 0.29) is 6.54 Å². The van der Waals surface area contributed by atoms with E-state index in [0.29, 0.717) is 11.8 Å². The number of halogens is 3. The summed E-state index contributed by atoms with van der Waals surface area (Å²) in [7, 11) is 1.85. The second-order valence-corrected chi connectivity index (χ2v) is 8.44. The number of aliphatic hydroxyl groups excluding tert-OH is 1. The Labute approximate surface area is 172 Å². The van der Waals surface area contributed by atoms with E-state index in [0.717, 1.165) is 59.3 Å². The molecule has 1 aromatic carbocycles. The van der Waals surface area contributed by atoms with Gasteiger partial charge in [-0.25, -0.2) is 4.98 Å². The molecule has 0 saturated heterocycles. The van der Waals surface area contributed by atoms with Gasteiger partial charge in [0.2, 0.25) is 0 Å². The highest BCUT2D eigenvalue weighted by Gasteiger charge is 2.34. The lowest BCUT2D eigenvalue weighted by Gasteiger charge is -2.29. The third kappa shape index (κ3) is 3.86. The molecule has 8 heteroatoms. The average molecular weight is 419 g/mol. The molecule has 3 aliphatic rings. The molecule has 30 heavy (non-hydrogen) atoms. The maximum Gasteiger partial charge on any atom is 0.522 e. The quantitative estimate of drug-likeness (QED) is 0.755. The van der Waals surface area contributed by atoms with Gasteiger partial charge in [-0.2, -0.15) is 0 Å². The maximum absolute atomic E-state index is 12.5. The third-order valence-corrected chi connectivity index (χ3v) is 6.03. The minimum Gasteiger partial charge on any atom is -0.370 e. The number of hydrogen-bond donors (Lipinski definition) is 1. The van der Waals surface area contributed by atoms with Crippen molar-refractivity contribution in [3.05, 3.63) is 47.4 Å². The van der Waals surface area contributed by atoms with Gasteiger partial charge < -0.3 is 14.6 Å². The van der Waals surface area contributed by atoms with E-state index in [4.69, 9.17) is 4.98 Å². The van der Waals surface area contributed by atoms with Crippen LogP contribution in [0.4, 0.5) is 13.2 Å². The molecule has 160 valence electrons. The number of nitrogens with zero attached hydrogens (tertiary/aromatic N) is 3. The van der Waals surface area contributed by atoms with Crippen LogP contribution in [0.3, 0.4) is 0 Å². The molecule has 1 N–H and O–H groups in total. The number of fused-ring (bicyclic) bond motifs is 1. The summed E-state index contributed by atoms with van der Waals surface area (Å²) in [4.78, 5) is 6.50. The van der Waals surface area contributed by atoms with Crippen molar-refractivity contribution in [2.45, 2.75) is 50.7 Å². The molecule has 2 aromatic rings. The first-order valence-corrected chi connectivity index (χ1v) is 10.3. The molecule has 0 radical (unpaired) electrons. The molecule has 0 bridgehead atoms. The summed E-state index contributed by atoms with van der Waals surface area (Å²) in [6.45, 7) is -0.339. The number of aromatic nitrogens is 2. The van der Waals surface area contributed by atoms with Gasteiger partial charge in [0.25, 0.3) is 0 Å². The first-order valence-electron chi connectivity index (χ1n) is 10.3. The molecule has 5 nitrogen and oxygen atoms in total. The number of alkyl halides is 3. The van der Waals surface area contributed by atoms with Crippen LogP contribution in [0.25, 0.3) is 16.6 Å². The topological polar surface area (TPSA) is 50.5 Å². The van der Waals surface area contributed by atoms with Gasteiger partial charge >= 0.3 is 6.36 Å². The van der Waals surface area contributed by atoms with Gasteiger partial charge in [-0.15, -0.1) is 13.2 Å². The van der Waals surface area contributed by atoms with Crippen molar-refractivity contribution in [2.24, 2.45) is 5.92 Å². The fourth-order valence-electron chi connectivity index (χ4n) is 4.18. The summed E-state index contributed by atoms with van der Waals surface area (Å²) in [6.07, 6.45) is 2.95. The van der Waals surface area contributed by atoms with Crippen LogP contribution in [0.15, 0.2) is 36.0 Å². The summed E-state index contributed by atoms with van der Waals surface area (Å²) < 4.78 is 43.3. The second-order valence-electron chi connectivity index (χ2n) is 8.44. The Morgan fingerprint density at radius 3 is 2.57 bits per heavy atom.